The molecule has 0 aliphatic rings. The van der Waals surface area contributed by atoms with E-state index in [1.54, 1.807) is 0 Å². The maximum Gasteiger partial charge on any atom is 0.164 e. The molecule has 21 aromatic carbocycles. The van der Waals surface area contributed by atoms with Gasteiger partial charge >= 0.3 is 0 Å². The summed E-state index contributed by atoms with van der Waals surface area (Å²) in [7, 11) is 0. The van der Waals surface area contributed by atoms with E-state index in [0.717, 1.165) is 61.8 Å². The Bertz CT molecular complexity index is 9230. The van der Waals surface area contributed by atoms with Crippen LogP contribution in [0.2, 0.25) is 0 Å². The molecule has 9 heteroatoms. The Labute approximate surface area is 796 Å². The van der Waals surface area contributed by atoms with Gasteiger partial charge in [-0.05, 0) is 196 Å². The molecule has 0 N–H and O–H groups in total. The van der Waals surface area contributed by atoms with Gasteiger partial charge in [-0.15, -0.1) is 0 Å². The summed E-state index contributed by atoms with van der Waals surface area (Å²) in [5.41, 5.74) is 33.7. The molecule has 28 rings (SSSR count). The number of hydrogen-bond acceptors (Lipinski definition) is 3. The topological polar surface area (TPSA) is 68.2 Å². The van der Waals surface area contributed by atoms with E-state index in [9.17, 15) is 0 Å². The number of benzene rings is 21. The van der Waals surface area contributed by atoms with Crippen LogP contribution in [0.15, 0.2) is 516 Å². The molecule has 28 aromatic rings. The van der Waals surface area contributed by atoms with Crippen molar-refractivity contribution in [3.63, 3.8) is 0 Å². The van der Waals surface area contributed by atoms with Crippen molar-refractivity contribution in [2.75, 3.05) is 0 Å². The minimum absolute atomic E-state index is 0.633. The molecule has 7 heterocycles. The van der Waals surface area contributed by atoms with Crippen LogP contribution in [0.4, 0.5) is 0 Å². The van der Waals surface area contributed by atoms with Gasteiger partial charge < -0.3 is 27.4 Å². The maximum atomic E-state index is 5.02. The molecular weight excluding hydrogens is 1680 g/mol. The second-order valence-corrected chi connectivity index (χ2v) is 35.4. The average molecular weight is 1760 g/mol. The van der Waals surface area contributed by atoms with E-state index < -0.39 is 0 Å². The largest absolute Gasteiger partial charge is 0.309 e. The van der Waals surface area contributed by atoms with Gasteiger partial charge in [0.2, 0.25) is 0 Å². The third kappa shape index (κ3) is 14.0. The highest BCUT2D eigenvalue weighted by Gasteiger charge is 2.25. The molecule has 646 valence electrons. The summed E-state index contributed by atoms with van der Waals surface area (Å²) in [6.07, 6.45) is 0. The molecule has 0 saturated carbocycles. The SMILES string of the molecule is c1ccc(-c2cc(-c3ccccc3)cc(-n3c4ccccc4c4cc5c6ccccc6n(-c6ccccc6)c5cc43)c2)cc1.c1ccc(-c2ccc(-n3c4ccccc4c4cc5c6ccccc6n(-c6ccc(-c7ccccc7)cc6)c5cc43)cc2)cc1.c1ccc(-c2nc(-c3ccccc3)nc(-c3cccc(-n4c5ccccc5c5cc6c(cc54)c4ccccc4n6-c4ccccc4)c3)n2)cc1. The highest BCUT2D eigenvalue weighted by Crippen LogP contribution is 2.46. The van der Waals surface area contributed by atoms with Crippen LogP contribution in [0, 0.1) is 0 Å². The van der Waals surface area contributed by atoms with Crippen LogP contribution >= 0.6 is 0 Å². The van der Waals surface area contributed by atoms with Crippen molar-refractivity contribution in [3.8, 4) is 113 Å². The van der Waals surface area contributed by atoms with Gasteiger partial charge in [0.15, 0.2) is 17.5 Å². The summed E-state index contributed by atoms with van der Waals surface area (Å²) >= 11 is 0. The summed E-state index contributed by atoms with van der Waals surface area (Å²) in [5.74, 6) is 1.93. The predicted molar refractivity (Wildman–Crippen MR) is 577 cm³/mol. The number of aromatic nitrogens is 9. The van der Waals surface area contributed by atoms with Crippen molar-refractivity contribution in [3.05, 3.63) is 516 Å². The van der Waals surface area contributed by atoms with Gasteiger partial charge in [0.05, 0.1) is 66.2 Å². The Balaban J connectivity index is 0.000000107. The fourth-order valence-electron chi connectivity index (χ4n) is 21.0. The summed E-state index contributed by atoms with van der Waals surface area (Å²) in [6.45, 7) is 0. The quantitative estimate of drug-likeness (QED) is 0.116. The van der Waals surface area contributed by atoms with Gasteiger partial charge in [0.25, 0.3) is 0 Å². The van der Waals surface area contributed by atoms with Crippen LogP contribution in [-0.2, 0) is 0 Å². The first-order valence-electron chi connectivity index (χ1n) is 47.0. The lowest BCUT2D eigenvalue weighted by Gasteiger charge is -2.14. The number of rotatable bonds is 13. The lowest BCUT2D eigenvalue weighted by Crippen LogP contribution is -2.01. The smallest absolute Gasteiger partial charge is 0.164 e. The molecule has 0 atom stereocenters. The molecule has 7 aromatic heterocycles. The zero-order valence-corrected chi connectivity index (χ0v) is 75.1. The molecule has 0 amide bonds. The standard InChI is InChI=1S/C45H29N5.2C42H28N2/c1-4-15-30(16-5-1)43-46-44(31-17-6-2-7-18-31)48-45(47-43)32-19-14-22-34(27-32)50-40-26-13-11-24-36(40)38-28-41-37(29-42(38)50)35-23-10-12-25-39(35)49(41)33-20-8-3-9-21-33;1-4-14-29(15-5-1)31-24-32(30-16-6-2-7-17-30)26-34(25-31)44-40-23-13-11-21-36(40)38-27-37-35-20-10-12-22-39(35)43(41(37)28-42(38)44)33-18-8-3-9-19-33;1-3-11-29(12-4-1)31-19-23-33(24-20-31)43-39-17-9-7-15-35(39)37-27-38-36-16-8-10-18-40(36)44(42(38)28-41(37)43)34-25-21-32(22-26-34)30-13-5-2-6-14-30/h1-29H;2*1-28H. The fourth-order valence-corrected chi connectivity index (χ4v) is 21.0. The molecule has 0 fully saturated rings. The van der Waals surface area contributed by atoms with Crippen LogP contribution < -0.4 is 0 Å². The van der Waals surface area contributed by atoms with Gasteiger partial charge in [-0.2, -0.15) is 0 Å². The summed E-state index contributed by atoms with van der Waals surface area (Å²) in [4.78, 5) is 14.9. The summed E-state index contributed by atoms with van der Waals surface area (Å²) < 4.78 is 14.4. The molecule has 0 radical (unpaired) electrons. The summed E-state index contributed by atoms with van der Waals surface area (Å²) in [6, 6.07) is 184. The summed E-state index contributed by atoms with van der Waals surface area (Å²) in [5, 5.41) is 15.0. The van der Waals surface area contributed by atoms with Crippen LogP contribution in [0.25, 0.3) is 244 Å². The predicted octanol–water partition coefficient (Wildman–Crippen LogP) is 33.5. The fraction of sp³-hybridized carbons (Fsp3) is 0. The lowest BCUT2D eigenvalue weighted by molar-refractivity contribution is 1.07. The third-order valence-electron chi connectivity index (χ3n) is 27.3. The molecule has 138 heavy (non-hydrogen) atoms. The van der Waals surface area contributed by atoms with Gasteiger partial charge in [0, 0.05) is 115 Å². The normalized spacial score (nSPS) is 11.6. The van der Waals surface area contributed by atoms with Crippen molar-refractivity contribution in [2.24, 2.45) is 0 Å². The zero-order chi connectivity index (χ0) is 91.1. The Kier molecular flexibility index (Phi) is 19.7. The number of para-hydroxylation sites is 8. The van der Waals surface area contributed by atoms with E-state index in [1.807, 2.05) is 60.7 Å². The lowest BCUT2D eigenvalue weighted by atomic mass is 9.98. The Morgan fingerprint density at radius 3 is 0.616 bits per heavy atom. The second kappa shape index (κ2) is 33.9. The molecule has 0 aliphatic carbocycles. The van der Waals surface area contributed by atoms with Crippen molar-refractivity contribution >= 4 is 131 Å². The molecular formula is C129H85N9. The first kappa shape index (κ1) is 80.3. The van der Waals surface area contributed by atoms with E-state index in [4.69, 9.17) is 15.0 Å². The van der Waals surface area contributed by atoms with Crippen LogP contribution in [-0.4, -0.2) is 42.4 Å². The Morgan fingerprint density at radius 1 is 0.101 bits per heavy atom. The molecule has 0 saturated heterocycles. The van der Waals surface area contributed by atoms with E-state index in [1.165, 1.54) is 164 Å². The van der Waals surface area contributed by atoms with E-state index in [0.29, 0.717) is 17.5 Å². The minimum Gasteiger partial charge on any atom is -0.309 e. The Morgan fingerprint density at radius 2 is 0.304 bits per heavy atom. The second-order valence-electron chi connectivity index (χ2n) is 35.4. The molecule has 0 bridgehead atoms. The first-order chi connectivity index (χ1) is 68.5. The number of fused-ring (bicyclic) bond motifs is 18. The van der Waals surface area contributed by atoms with Crippen LogP contribution in [0.3, 0.4) is 0 Å². The monoisotopic (exact) mass is 1760 g/mol. The van der Waals surface area contributed by atoms with Gasteiger partial charge in [0.1, 0.15) is 0 Å². The molecule has 9 nitrogen and oxygen atoms in total. The van der Waals surface area contributed by atoms with Crippen molar-refractivity contribution in [1.29, 1.82) is 0 Å². The molecule has 0 unspecified atom stereocenters. The van der Waals surface area contributed by atoms with Crippen molar-refractivity contribution in [1.82, 2.24) is 42.4 Å². The highest BCUT2D eigenvalue weighted by atomic mass is 15.1. The van der Waals surface area contributed by atoms with E-state index in [2.05, 4.69) is 482 Å². The van der Waals surface area contributed by atoms with Gasteiger partial charge in [-0.25, -0.2) is 15.0 Å². The van der Waals surface area contributed by atoms with Crippen molar-refractivity contribution in [2.45, 2.75) is 0 Å². The Hall–Kier alpha value is -18.6. The average Bonchev–Trinajstić information content (AvgIpc) is 1.57. The van der Waals surface area contributed by atoms with Crippen LogP contribution in [0.1, 0.15) is 0 Å². The minimum atomic E-state index is 0.633. The van der Waals surface area contributed by atoms with Gasteiger partial charge in [-0.3, -0.25) is 0 Å². The third-order valence-corrected chi connectivity index (χ3v) is 27.3. The van der Waals surface area contributed by atoms with E-state index in [-0.39, 0.29) is 0 Å². The van der Waals surface area contributed by atoms with E-state index >= 15 is 0 Å². The van der Waals surface area contributed by atoms with Crippen LogP contribution in [0.5, 0.6) is 0 Å². The maximum absolute atomic E-state index is 5.02. The number of nitrogens with zero attached hydrogens (tertiary/aromatic N) is 9. The van der Waals surface area contributed by atoms with Gasteiger partial charge in [-0.1, -0.05) is 364 Å². The van der Waals surface area contributed by atoms with Crippen molar-refractivity contribution < 1.29 is 0 Å². The number of hydrogen-bond donors (Lipinski definition) is 0. The zero-order valence-electron chi connectivity index (χ0n) is 75.1. The first-order valence-corrected chi connectivity index (χ1v) is 47.0. The highest BCUT2D eigenvalue weighted by molar-refractivity contribution is 6.23. The molecule has 0 aliphatic heterocycles. The molecule has 0 spiro atoms.